The number of methoxy groups -OCH3 is 1. The molecule has 3 saturated heterocycles. The number of nitrogens with zero attached hydrogens (tertiary/aromatic N) is 2. The fraction of sp³-hybridized carbons (Fsp3) is 0.438. The van der Waals surface area contributed by atoms with Crippen LogP contribution in [-0.2, 0) is 16.0 Å². The number of nitrogens with one attached hydrogen (secondary N) is 1. The van der Waals surface area contributed by atoms with E-state index in [9.17, 15) is 14.4 Å². The molecule has 0 aliphatic carbocycles. The quantitative estimate of drug-likeness (QED) is 0.805. The lowest BCUT2D eigenvalue weighted by atomic mass is 10.1. The van der Waals surface area contributed by atoms with E-state index in [0.29, 0.717) is 18.7 Å². The van der Waals surface area contributed by atoms with E-state index in [2.05, 4.69) is 5.32 Å². The van der Waals surface area contributed by atoms with Crippen molar-refractivity contribution in [3.63, 3.8) is 0 Å². The minimum Gasteiger partial charge on any atom is -0.497 e. The average Bonchev–Trinajstić information content (AvgIpc) is 3.20. The highest BCUT2D eigenvalue weighted by Gasteiger charge is 2.59. The van der Waals surface area contributed by atoms with Gasteiger partial charge in [0.05, 0.1) is 25.6 Å². The van der Waals surface area contributed by atoms with Crippen molar-refractivity contribution in [2.45, 2.75) is 31.0 Å². The summed E-state index contributed by atoms with van der Waals surface area (Å²) in [5.41, 5.74) is 0.876. The number of benzene rings is 1. The molecule has 120 valence electrons. The van der Waals surface area contributed by atoms with Gasteiger partial charge in [0.15, 0.2) is 0 Å². The number of hydrogen-bond acceptors (Lipinski definition) is 4. The van der Waals surface area contributed by atoms with Gasteiger partial charge in [-0.15, -0.1) is 0 Å². The predicted molar refractivity (Wildman–Crippen MR) is 79.8 cm³/mol. The molecule has 7 nitrogen and oxygen atoms in total. The van der Waals surface area contributed by atoms with E-state index in [4.69, 9.17) is 4.74 Å². The van der Waals surface area contributed by atoms with Crippen molar-refractivity contribution < 1.29 is 19.1 Å². The second-order valence-electron chi connectivity index (χ2n) is 6.18. The zero-order valence-electron chi connectivity index (χ0n) is 12.7. The SMILES string of the molecule is COc1cccc(CC(=O)N2CC3CC2C2C(=O)NC(=O)N32)c1. The van der Waals surface area contributed by atoms with Crippen molar-refractivity contribution in [3.8, 4) is 5.75 Å². The molecule has 1 aromatic rings. The molecule has 1 N–H and O–H groups in total. The van der Waals surface area contributed by atoms with Crippen LogP contribution in [0.1, 0.15) is 12.0 Å². The molecule has 3 atom stereocenters. The van der Waals surface area contributed by atoms with Crippen LogP contribution >= 0.6 is 0 Å². The summed E-state index contributed by atoms with van der Waals surface area (Å²) in [5, 5.41) is 2.34. The molecule has 2 bridgehead atoms. The van der Waals surface area contributed by atoms with Crippen LogP contribution in [0.3, 0.4) is 0 Å². The zero-order valence-corrected chi connectivity index (χ0v) is 12.7. The summed E-state index contributed by atoms with van der Waals surface area (Å²) in [4.78, 5) is 39.7. The van der Waals surface area contributed by atoms with Gasteiger partial charge >= 0.3 is 6.03 Å². The van der Waals surface area contributed by atoms with Crippen molar-refractivity contribution in [2.75, 3.05) is 13.7 Å². The highest BCUT2D eigenvalue weighted by Crippen LogP contribution is 2.38. The largest absolute Gasteiger partial charge is 0.497 e. The first-order valence-corrected chi connectivity index (χ1v) is 7.64. The van der Waals surface area contributed by atoms with Crippen molar-refractivity contribution in [1.82, 2.24) is 15.1 Å². The number of rotatable bonds is 3. The highest BCUT2D eigenvalue weighted by atomic mass is 16.5. The van der Waals surface area contributed by atoms with Gasteiger partial charge in [0, 0.05) is 6.54 Å². The van der Waals surface area contributed by atoms with Crippen LogP contribution in [0, 0.1) is 0 Å². The molecule has 3 unspecified atom stereocenters. The number of ether oxygens (including phenoxy) is 1. The molecular weight excluding hydrogens is 298 g/mol. The maximum absolute atomic E-state index is 12.6. The maximum Gasteiger partial charge on any atom is 0.325 e. The number of likely N-dealkylation sites (tertiary alicyclic amines) is 1. The van der Waals surface area contributed by atoms with E-state index >= 15 is 0 Å². The summed E-state index contributed by atoms with van der Waals surface area (Å²) in [6, 6.07) is 6.30. The number of fused-ring (bicyclic) bond motifs is 5. The molecule has 23 heavy (non-hydrogen) atoms. The molecule has 1 aromatic carbocycles. The van der Waals surface area contributed by atoms with Crippen LogP contribution < -0.4 is 10.1 Å². The van der Waals surface area contributed by atoms with Crippen LogP contribution in [0.4, 0.5) is 4.79 Å². The van der Waals surface area contributed by atoms with Gasteiger partial charge in [0.2, 0.25) is 5.91 Å². The lowest BCUT2D eigenvalue weighted by Gasteiger charge is -2.35. The van der Waals surface area contributed by atoms with Gasteiger partial charge in [-0.05, 0) is 24.1 Å². The molecule has 4 rings (SSSR count). The molecule has 3 fully saturated rings. The maximum atomic E-state index is 12.6. The Hall–Kier alpha value is -2.57. The Kier molecular flexibility index (Phi) is 3.04. The van der Waals surface area contributed by atoms with Crippen molar-refractivity contribution in [2.24, 2.45) is 0 Å². The van der Waals surface area contributed by atoms with E-state index in [1.165, 1.54) is 0 Å². The van der Waals surface area contributed by atoms with E-state index < -0.39 is 6.04 Å². The van der Waals surface area contributed by atoms with Gasteiger partial charge in [-0.25, -0.2) is 4.79 Å². The van der Waals surface area contributed by atoms with Crippen LogP contribution in [-0.4, -0.2) is 59.4 Å². The van der Waals surface area contributed by atoms with Crippen LogP contribution in [0.25, 0.3) is 0 Å². The Labute approximate surface area is 133 Å². The Morgan fingerprint density at radius 1 is 1.39 bits per heavy atom. The molecule has 0 radical (unpaired) electrons. The monoisotopic (exact) mass is 315 g/mol. The fourth-order valence-corrected chi connectivity index (χ4v) is 3.94. The zero-order chi connectivity index (χ0) is 16.1. The summed E-state index contributed by atoms with van der Waals surface area (Å²) < 4.78 is 5.17. The standard InChI is InChI=1S/C16H17N3O4/c1-23-11-4-2-3-9(5-11)6-13(20)18-8-10-7-12(18)14-15(21)17-16(22)19(10)14/h2-5,10,12,14H,6-8H2,1H3,(H,17,21,22). The van der Waals surface area contributed by atoms with E-state index in [1.807, 2.05) is 24.3 Å². The summed E-state index contributed by atoms with van der Waals surface area (Å²) in [5.74, 6) is 0.407. The number of imide groups is 1. The first kappa shape index (κ1) is 14.0. The highest BCUT2D eigenvalue weighted by molar-refractivity contribution is 6.06. The average molecular weight is 315 g/mol. The first-order valence-electron chi connectivity index (χ1n) is 7.64. The third kappa shape index (κ3) is 2.07. The Morgan fingerprint density at radius 3 is 3.00 bits per heavy atom. The second-order valence-corrected chi connectivity index (χ2v) is 6.18. The first-order chi connectivity index (χ1) is 11.1. The molecule has 3 aliphatic rings. The van der Waals surface area contributed by atoms with Crippen LogP contribution in [0.5, 0.6) is 5.75 Å². The number of carbonyl (C=O) groups excluding carboxylic acids is 3. The number of urea groups is 1. The summed E-state index contributed by atoms with van der Waals surface area (Å²) in [6.07, 6.45) is 0.955. The molecule has 3 heterocycles. The number of piperazine rings is 1. The lowest BCUT2D eigenvalue weighted by molar-refractivity contribution is -0.135. The van der Waals surface area contributed by atoms with Crippen LogP contribution in [0.2, 0.25) is 0 Å². The molecule has 0 spiro atoms. The van der Waals surface area contributed by atoms with Crippen molar-refractivity contribution >= 4 is 17.8 Å². The topological polar surface area (TPSA) is 79.0 Å². The van der Waals surface area contributed by atoms with Gasteiger partial charge in [-0.1, -0.05) is 12.1 Å². The van der Waals surface area contributed by atoms with E-state index in [0.717, 1.165) is 5.56 Å². The third-order valence-corrected chi connectivity index (χ3v) is 4.92. The minimum absolute atomic E-state index is 0.0162. The molecule has 7 heteroatoms. The summed E-state index contributed by atoms with van der Waals surface area (Å²) >= 11 is 0. The Balaban J connectivity index is 1.50. The number of carbonyl (C=O) groups is 3. The smallest absolute Gasteiger partial charge is 0.325 e. The number of amides is 4. The predicted octanol–water partition coefficient (Wildman–Crippen LogP) is 0.141. The third-order valence-electron chi connectivity index (χ3n) is 4.92. The second kappa shape index (κ2) is 4.97. The van der Waals surface area contributed by atoms with Crippen molar-refractivity contribution in [3.05, 3.63) is 29.8 Å². The molecule has 0 aromatic heterocycles. The summed E-state index contributed by atoms with van der Waals surface area (Å²) in [7, 11) is 1.59. The van der Waals surface area contributed by atoms with E-state index in [1.54, 1.807) is 16.9 Å². The number of hydrogen-bond donors (Lipinski definition) is 1. The molecule has 4 amide bonds. The fourth-order valence-electron chi connectivity index (χ4n) is 3.94. The Bertz CT molecular complexity index is 704. The van der Waals surface area contributed by atoms with Crippen molar-refractivity contribution in [1.29, 1.82) is 0 Å². The van der Waals surface area contributed by atoms with Crippen LogP contribution in [0.15, 0.2) is 24.3 Å². The van der Waals surface area contributed by atoms with Gasteiger partial charge in [0.25, 0.3) is 5.91 Å². The summed E-state index contributed by atoms with van der Waals surface area (Å²) in [6.45, 7) is 0.505. The van der Waals surface area contributed by atoms with Gasteiger partial charge in [-0.3, -0.25) is 14.9 Å². The molecule has 3 aliphatic heterocycles. The van der Waals surface area contributed by atoms with Gasteiger partial charge in [-0.2, -0.15) is 0 Å². The Morgan fingerprint density at radius 2 is 2.22 bits per heavy atom. The van der Waals surface area contributed by atoms with Gasteiger partial charge < -0.3 is 14.5 Å². The molecular formula is C16H17N3O4. The minimum atomic E-state index is -0.518. The lowest BCUT2D eigenvalue weighted by Crippen LogP contribution is -2.55. The van der Waals surface area contributed by atoms with E-state index in [-0.39, 0.29) is 36.3 Å². The molecule has 0 saturated carbocycles. The normalized spacial score (nSPS) is 28.1. The van der Waals surface area contributed by atoms with Gasteiger partial charge in [0.1, 0.15) is 11.8 Å².